The van der Waals surface area contributed by atoms with Crippen LogP contribution in [0.1, 0.15) is 12.6 Å². The Bertz CT molecular complexity index is 834. The average molecular weight is 353 g/mol. The van der Waals surface area contributed by atoms with Crippen LogP contribution in [-0.4, -0.2) is 67.0 Å². The molecule has 1 aliphatic rings. The van der Waals surface area contributed by atoms with E-state index in [1.807, 2.05) is 0 Å². The number of aliphatic hydroxyl groups is 2. The molecule has 25 heavy (non-hydrogen) atoms. The molecule has 1 fully saturated rings. The number of hydrogen-bond donors (Lipinski definition) is 6. The van der Waals surface area contributed by atoms with Crippen LogP contribution in [0.15, 0.2) is 11.1 Å². The fourth-order valence-electron chi connectivity index (χ4n) is 2.81. The molecule has 0 radical (unpaired) electrons. The molecule has 0 aromatic carbocycles. The number of hydrogen-bond acceptors (Lipinski definition) is 9. The van der Waals surface area contributed by atoms with Crippen LogP contribution >= 0.6 is 0 Å². The second-order valence-corrected chi connectivity index (χ2v) is 5.65. The van der Waals surface area contributed by atoms with E-state index >= 15 is 0 Å². The minimum Gasteiger partial charge on any atom is -0.394 e. The van der Waals surface area contributed by atoms with E-state index in [4.69, 9.17) is 16.2 Å². The topological polar surface area (TPSA) is 194 Å². The number of nitrogens with one attached hydrogen (secondary N) is 2. The lowest BCUT2D eigenvalue weighted by Gasteiger charge is -2.22. The van der Waals surface area contributed by atoms with Gasteiger partial charge in [-0.3, -0.25) is 19.1 Å². The number of amides is 1. The van der Waals surface area contributed by atoms with Gasteiger partial charge in [-0.1, -0.05) is 0 Å². The van der Waals surface area contributed by atoms with Crippen molar-refractivity contribution in [1.29, 1.82) is 0 Å². The molecule has 1 aliphatic heterocycles. The van der Waals surface area contributed by atoms with Gasteiger partial charge in [-0.25, -0.2) is 4.98 Å². The van der Waals surface area contributed by atoms with E-state index in [9.17, 15) is 19.8 Å². The van der Waals surface area contributed by atoms with Crippen molar-refractivity contribution in [2.24, 2.45) is 5.73 Å². The lowest BCUT2D eigenvalue weighted by Crippen LogP contribution is -2.47. The van der Waals surface area contributed by atoms with Gasteiger partial charge in [0.2, 0.25) is 11.9 Å². The number of aromatic amines is 1. The van der Waals surface area contributed by atoms with Crippen molar-refractivity contribution in [1.82, 2.24) is 24.8 Å². The van der Waals surface area contributed by atoms with Crippen LogP contribution in [0.4, 0.5) is 5.95 Å². The molecule has 2 aromatic rings. The van der Waals surface area contributed by atoms with Crippen LogP contribution in [0.5, 0.6) is 0 Å². The molecule has 0 bridgehead atoms. The van der Waals surface area contributed by atoms with Crippen LogP contribution < -0.4 is 22.3 Å². The first kappa shape index (κ1) is 17.3. The number of anilines is 1. The van der Waals surface area contributed by atoms with E-state index < -0.39 is 36.6 Å². The Morgan fingerprint density at radius 1 is 1.52 bits per heavy atom. The maximum atomic E-state index is 11.9. The Morgan fingerprint density at radius 3 is 2.96 bits per heavy atom. The highest BCUT2D eigenvalue weighted by molar-refractivity contribution is 5.76. The van der Waals surface area contributed by atoms with Gasteiger partial charge in [0.15, 0.2) is 17.4 Å². The first-order valence-corrected chi connectivity index (χ1v) is 7.62. The molecule has 136 valence electrons. The number of nitrogen functional groups attached to an aromatic ring is 1. The average Bonchev–Trinajstić information content (AvgIpc) is 3.10. The van der Waals surface area contributed by atoms with Crippen molar-refractivity contribution in [2.45, 2.75) is 30.9 Å². The van der Waals surface area contributed by atoms with E-state index in [1.54, 1.807) is 0 Å². The summed E-state index contributed by atoms with van der Waals surface area (Å²) in [5.41, 5.74) is 10.6. The zero-order chi connectivity index (χ0) is 18.1. The van der Waals surface area contributed by atoms with Crippen molar-refractivity contribution in [3.8, 4) is 0 Å². The summed E-state index contributed by atoms with van der Waals surface area (Å²) in [6.07, 6.45) is -1.67. The van der Waals surface area contributed by atoms with Crippen molar-refractivity contribution in [3.63, 3.8) is 0 Å². The molecule has 3 rings (SSSR count). The molecule has 12 heteroatoms. The molecule has 1 saturated heterocycles. The number of fused-ring (bicyclic) bond motifs is 1. The molecular formula is C13H19N7O5. The Morgan fingerprint density at radius 2 is 2.28 bits per heavy atom. The molecule has 4 unspecified atom stereocenters. The number of rotatable bonds is 5. The van der Waals surface area contributed by atoms with E-state index in [0.717, 1.165) is 0 Å². The zero-order valence-corrected chi connectivity index (χ0v) is 13.1. The standard InChI is InChI=1S/C13H19N7O5/c14-2-1-6(22)17-7-9(23)5(3-21)25-12(7)20-4-16-8-10(20)18-13(15)19-11(8)24/h4-5,7,9,12,21,23H,1-3,14H2,(H,17,22)(H3,15,18,19,24). The van der Waals surface area contributed by atoms with Gasteiger partial charge >= 0.3 is 0 Å². The molecule has 0 aliphatic carbocycles. The lowest BCUT2D eigenvalue weighted by molar-refractivity contribution is -0.123. The second-order valence-electron chi connectivity index (χ2n) is 5.65. The Balaban J connectivity index is 2.01. The summed E-state index contributed by atoms with van der Waals surface area (Å²) in [6.45, 7) is -0.311. The van der Waals surface area contributed by atoms with Gasteiger partial charge in [0, 0.05) is 13.0 Å². The number of imidazole rings is 1. The highest BCUT2D eigenvalue weighted by Gasteiger charge is 2.45. The summed E-state index contributed by atoms with van der Waals surface area (Å²) in [5, 5.41) is 22.3. The zero-order valence-electron chi connectivity index (χ0n) is 13.1. The number of ether oxygens (including phenoxy) is 1. The van der Waals surface area contributed by atoms with E-state index in [2.05, 4.69) is 20.3 Å². The van der Waals surface area contributed by atoms with Gasteiger partial charge in [0.1, 0.15) is 18.2 Å². The number of aromatic nitrogens is 4. The number of H-pyrrole nitrogens is 1. The van der Waals surface area contributed by atoms with Gasteiger partial charge in [0.25, 0.3) is 5.56 Å². The molecule has 0 spiro atoms. The van der Waals surface area contributed by atoms with Crippen LogP contribution in [0.2, 0.25) is 0 Å². The number of carbonyl (C=O) groups excluding carboxylic acids is 1. The van der Waals surface area contributed by atoms with Crippen LogP contribution in [0.3, 0.4) is 0 Å². The first-order chi connectivity index (χ1) is 12.0. The third-order valence-electron chi connectivity index (χ3n) is 3.97. The quantitative estimate of drug-likeness (QED) is 0.320. The van der Waals surface area contributed by atoms with Gasteiger partial charge in [0.05, 0.1) is 12.9 Å². The summed E-state index contributed by atoms with van der Waals surface area (Å²) < 4.78 is 7.01. The van der Waals surface area contributed by atoms with Gasteiger partial charge in [-0.2, -0.15) is 4.98 Å². The summed E-state index contributed by atoms with van der Waals surface area (Å²) in [7, 11) is 0. The monoisotopic (exact) mass is 353 g/mol. The van der Waals surface area contributed by atoms with Crippen LogP contribution in [-0.2, 0) is 9.53 Å². The third kappa shape index (κ3) is 3.07. The van der Waals surface area contributed by atoms with Crippen molar-refractivity contribution in [3.05, 3.63) is 16.7 Å². The van der Waals surface area contributed by atoms with Gasteiger partial charge in [-0.15, -0.1) is 0 Å². The lowest BCUT2D eigenvalue weighted by atomic mass is 10.1. The van der Waals surface area contributed by atoms with Crippen molar-refractivity contribution in [2.75, 3.05) is 18.9 Å². The van der Waals surface area contributed by atoms with Crippen molar-refractivity contribution < 1.29 is 19.7 Å². The number of nitrogens with two attached hydrogens (primary N) is 2. The summed E-state index contributed by atoms with van der Waals surface area (Å²) in [4.78, 5) is 34.1. The normalized spacial score (nSPS) is 26.2. The van der Waals surface area contributed by atoms with E-state index in [0.29, 0.717) is 0 Å². The second kappa shape index (κ2) is 6.76. The van der Waals surface area contributed by atoms with Gasteiger partial charge in [-0.05, 0) is 0 Å². The van der Waals surface area contributed by atoms with Crippen LogP contribution in [0, 0.1) is 0 Å². The minimum atomic E-state index is -1.17. The van der Waals surface area contributed by atoms with Gasteiger partial charge < -0.3 is 31.7 Å². The molecule has 0 saturated carbocycles. The van der Waals surface area contributed by atoms with Crippen molar-refractivity contribution >= 4 is 23.0 Å². The first-order valence-electron chi connectivity index (χ1n) is 7.62. The molecule has 1 amide bonds. The number of aliphatic hydroxyl groups excluding tert-OH is 2. The maximum absolute atomic E-state index is 11.9. The molecular weight excluding hydrogens is 334 g/mol. The smallest absolute Gasteiger partial charge is 0.280 e. The summed E-state index contributed by atoms with van der Waals surface area (Å²) in [5.74, 6) is -0.492. The predicted molar refractivity (Wildman–Crippen MR) is 85.2 cm³/mol. The third-order valence-corrected chi connectivity index (χ3v) is 3.97. The highest BCUT2D eigenvalue weighted by Crippen LogP contribution is 2.31. The predicted octanol–water partition coefficient (Wildman–Crippen LogP) is -3.21. The number of nitrogens with zero attached hydrogens (tertiary/aromatic N) is 3. The molecule has 8 N–H and O–H groups in total. The molecule has 12 nitrogen and oxygen atoms in total. The highest BCUT2D eigenvalue weighted by atomic mass is 16.5. The molecule has 3 heterocycles. The minimum absolute atomic E-state index is 0.0340. The Kier molecular flexibility index (Phi) is 4.67. The largest absolute Gasteiger partial charge is 0.394 e. The number of carbonyl (C=O) groups is 1. The maximum Gasteiger partial charge on any atom is 0.280 e. The fourth-order valence-corrected chi connectivity index (χ4v) is 2.81. The molecule has 4 atom stereocenters. The van der Waals surface area contributed by atoms with Crippen LogP contribution in [0.25, 0.3) is 11.2 Å². The fraction of sp³-hybridized carbons (Fsp3) is 0.538. The summed E-state index contributed by atoms with van der Waals surface area (Å²) in [6, 6.07) is -0.893. The Hall–Kier alpha value is -2.54. The molecule has 2 aromatic heterocycles. The van der Waals surface area contributed by atoms with E-state index in [-0.39, 0.29) is 36.0 Å². The van der Waals surface area contributed by atoms with E-state index in [1.165, 1.54) is 10.9 Å². The Labute approximate surface area is 140 Å². The SMILES string of the molecule is NCCC(=O)NC1C(O)C(CO)OC1n1cnc2c(=O)[nH]c(N)nc21. The summed E-state index contributed by atoms with van der Waals surface area (Å²) >= 11 is 0.